The smallest absolute Gasteiger partial charge is 0.238 e. The fourth-order valence-corrected chi connectivity index (χ4v) is 2.73. The van der Waals surface area contributed by atoms with Crippen molar-refractivity contribution < 1.29 is 14.4 Å². The van der Waals surface area contributed by atoms with Gasteiger partial charge in [-0.25, -0.2) is 0 Å². The highest BCUT2D eigenvalue weighted by atomic mass is 16.2. The van der Waals surface area contributed by atoms with E-state index in [9.17, 15) is 14.4 Å². The van der Waals surface area contributed by atoms with Gasteiger partial charge in [-0.05, 0) is 32.9 Å². The summed E-state index contributed by atoms with van der Waals surface area (Å²) in [6.45, 7) is 6.18. The van der Waals surface area contributed by atoms with Crippen LogP contribution in [0.4, 0.5) is 11.4 Å². The van der Waals surface area contributed by atoms with Crippen molar-refractivity contribution in [2.45, 2.75) is 39.2 Å². The van der Waals surface area contributed by atoms with Gasteiger partial charge < -0.3 is 15.5 Å². The molecule has 132 valence electrons. The average molecular weight is 342 g/mol. The lowest BCUT2D eigenvalue weighted by Gasteiger charge is -2.31. The maximum absolute atomic E-state index is 12.5. The topological polar surface area (TPSA) is 102 Å². The normalized spacial score (nSPS) is 17.1. The van der Waals surface area contributed by atoms with Gasteiger partial charge in [0.15, 0.2) is 0 Å². The first-order chi connectivity index (χ1) is 11.7. The van der Waals surface area contributed by atoms with E-state index >= 15 is 0 Å². The summed E-state index contributed by atoms with van der Waals surface area (Å²) in [6, 6.07) is 8.54. The number of nitrogens with zero attached hydrogens (tertiary/aromatic N) is 2. The molecule has 7 nitrogen and oxygen atoms in total. The Morgan fingerprint density at radius 1 is 1.24 bits per heavy atom. The molecule has 1 aromatic rings. The van der Waals surface area contributed by atoms with Crippen molar-refractivity contribution in [3.8, 4) is 6.07 Å². The third-order valence-electron chi connectivity index (χ3n) is 4.00. The van der Waals surface area contributed by atoms with Gasteiger partial charge in [0, 0.05) is 18.5 Å². The predicted molar refractivity (Wildman–Crippen MR) is 93.5 cm³/mol. The summed E-state index contributed by atoms with van der Waals surface area (Å²) in [5, 5.41) is 13.9. The number of nitriles is 1. The molecule has 1 saturated heterocycles. The number of para-hydroxylation sites is 2. The SMILES string of the molecule is CC(C)(C)N1CC(C(=O)Nc2ccccc2NC(=O)CC#N)CC1=O. The van der Waals surface area contributed by atoms with E-state index in [4.69, 9.17) is 5.26 Å². The van der Waals surface area contributed by atoms with Crippen molar-refractivity contribution in [3.05, 3.63) is 24.3 Å². The number of carbonyl (C=O) groups is 3. The lowest BCUT2D eigenvalue weighted by Crippen LogP contribution is -2.42. The monoisotopic (exact) mass is 342 g/mol. The van der Waals surface area contributed by atoms with Crippen LogP contribution in [0.5, 0.6) is 0 Å². The minimum Gasteiger partial charge on any atom is -0.337 e. The van der Waals surface area contributed by atoms with Crippen molar-refractivity contribution in [3.63, 3.8) is 0 Å². The molecule has 1 fully saturated rings. The third kappa shape index (κ3) is 4.57. The molecule has 1 aromatic carbocycles. The molecule has 25 heavy (non-hydrogen) atoms. The maximum Gasteiger partial charge on any atom is 0.238 e. The number of nitrogens with one attached hydrogen (secondary N) is 2. The van der Waals surface area contributed by atoms with Crippen LogP contribution in [-0.4, -0.2) is 34.7 Å². The molecule has 1 heterocycles. The lowest BCUT2D eigenvalue weighted by molar-refractivity contribution is -0.131. The zero-order chi connectivity index (χ0) is 18.6. The van der Waals surface area contributed by atoms with E-state index < -0.39 is 11.8 Å². The molecule has 0 radical (unpaired) electrons. The summed E-state index contributed by atoms with van der Waals surface area (Å²) >= 11 is 0. The van der Waals surface area contributed by atoms with Crippen molar-refractivity contribution >= 4 is 29.1 Å². The molecule has 7 heteroatoms. The summed E-state index contributed by atoms with van der Waals surface area (Å²) in [7, 11) is 0. The minimum absolute atomic E-state index is 0.0386. The van der Waals surface area contributed by atoms with Crippen LogP contribution >= 0.6 is 0 Å². The van der Waals surface area contributed by atoms with Crippen LogP contribution in [-0.2, 0) is 14.4 Å². The largest absolute Gasteiger partial charge is 0.337 e. The maximum atomic E-state index is 12.5. The van der Waals surface area contributed by atoms with E-state index in [0.29, 0.717) is 17.9 Å². The van der Waals surface area contributed by atoms with Gasteiger partial charge in [-0.3, -0.25) is 14.4 Å². The number of amides is 3. The molecule has 0 spiro atoms. The minimum atomic E-state index is -0.445. The van der Waals surface area contributed by atoms with Gasteiger partial charge >= 0.3 is 0 Å². The average Bonchev–Trinajstić information content (AvgIpc) is 2.92. The summed E-state index contributed by atoms with van der Waals surface area (Å²) < 4.78 is 0. The first-order valence-electron chi connectivity index (χ1n) is 8.09. The van der Waals surface area contributed by atoms with Crippen LogP contribution in [0.15, 0.2) is 24.3 Å². The van der Waals surface area contributed by atoms with Gasteiger partial charge in [0.2, 0.25) is 17.7 Å². The van der Waals surface area contributed by atoms with Crippen LogP contribution in [0.2, 0.25) is 0 Å². The van der Waals surface area contributed by atoms with Gasteiger partial charge in [0.1, 0.15) is 6.42 Å². The summed E-state index contributed by atoms with van der Waals surface area (Å²) in [4.78, 5) is 38.0. The lowest BCUT2D eigenvalue weighted by atomic mass is 10.1. The Kier molecular flexibility index (Phi) is 5.42. The van der Waals surface area contributed by atoms with Crippen molar-refractivity contribution in [1.29, 1.82) is 5.26 Å². The predicted octanol–water partition coefficient (Wildman–Crippen LogP) is 2.12. The third-order valence-corrected chi connectivity index (χ3v) is 4.00. The number of carbonyl (C=O) groups excluding carboxylic acids is 3. The first-order valence-corrected chi connectivity index (χ1v) is 8.09. The van der Waals surface area contributed by atoms with E-state index in [-0.39, 0.29) is 30.2 Å². The Balaban J connectivity index is 2.08. The van der Waals surface area contributed by atoms with Crippen molar-refractivity contribution in [1.82, 2.24) is 4.90 Å². The second-order valence-electron chi connectivity index (χ2n) is 6.99. The number of anilines is 2. The first kappa shape index (κ1) is 18.5. The summed E-state index contributed by atoms with van der Waals surface area (Å²) in [5.74, 6) is -1.18. The molecule has 1 aliphatic heterocycles. The molecular weight excluding hydrogens is 320 g/mol. The van der Waals surface area contributed by atoms with E-state index in [0.717, 1.165) is 0 Å². The molecule has 1 unspecified atom stereocenters. The summed E-state index contributed by atoms with van der Waals surface area (Å²) in [6.07, 6.45) is -0.0913. The molecule has 0 aliphatic carbocycles. The zero-order valence-electron chi connectivity index (χ0n) is 14.6. The number of hydrogen-bond acceptors (Lipinski definition) is 4. The second kappa shape index (κ2) is 7.34. The Morgan fingerprint density at radius 3 is 2.36 bits per heavy atom. The van der Waals surface area contributed by atoms with E-state index in [1.54, 1.807) is 35.2 Å². The van der Waals surface area contributed by atoms with E-state index in [1.165, 1.54) is 0 Å². The molecule has 1 atom stereocenters. The molecule has 1 aliphatic rings. The number of benzene rings is 1. The van der Waals surface area contributed by atoms with Gasteiger partial charge in [0.25, 0.3) is 0 Å². The number of likely N-dealkylation sites (tertiary alicyclic amines) is 1. The highest BCUT2D eigenvalue weighted by molar-refractivity contribution is 6.02. The van der Waals surface area contributed by atoms with Crippen LogP contribution in [0.25, 0.3) is 0 Å². The van der Waals surface area contributed by atoms with Gasteiger partial charge in [-0.15, -0.1) is 0 Å². The van der Waals surface area contributed by atoms with Gasteiger partial charge in [-0.1, -0.05) is 12.1 Å². The Labute approximate surface area is 147 Å². The second-order valence-corrected chi connectivity index (χ2v) is 6.99. The molecule has 3 amide bonds. The van der Waals surface area contributed by atoms with Crippen LogP contribution in [0.3, 0.4) is 0 Å². The quantitative estimate of drug-likeness (QED) is 0.875. The Bertz CT molecular complexity index is 731. The summed E-state index contributed by atoms with van der Waals surface area (Å²) in [5.41, 5.74) is 0.545. The van der Waals surface area contributed by atoms with Crippen LogP contribution in [0.1, 0.15) is 33.6 Å². The number of hydrogen-bond donors (Lipinski definition) is 2. The molecule has 2 N–H and O–H groups in total. The molecule has 2 rings (SSSR count). The highest BCUT2D eigenvalue weighted by Gasteiger charge is 2.39. The van der Waals surface area contributed by atoms with Crippen LogP contribution in [0, 0.1) is 17.2 Å². The zero-order valence-corrected chi connectivity index (χ0v) is 14.6. The van der Waals surface area contributed by atoms with Crippen LogP contribution < -0.4 is 10.6 Å². The number of rotatable bonds is 4. The fourth-order valence-electron chi connectivity index (χ4n) is 2.73. The highest BCUT2D eigenvalue weighted by Crippen LogP contribution is 2.28. The van der Waals surface area contributed by atoms with E-state index in [1.807, 2.05) is 20.8 Å². The molecule has 0 aromatic heterocycles. The van der Waals surface area contributed by atoms with Crippen molar-refractivity contribution in [2.24, 2.45) is 5.92 Å². The Hall–Kier alpha value is -2.88. The van der Waals surface area contributed by atoms with Gasteiger partial charge in [-0.2, -0.15) is 5.26 Å². The molecule has 0 saturated carbocycles. The Morgan fingerprint density at radius 2 is 1.84 bits per heavy atom. The standard InChI is InChI=1S/C18H22N4O3/c1-18(2,3)22-11-12(10-16(22)24)17(25)21-14-7-5-4-6-13(14)20-15(23)8-9-19/h4-7,12H,8,10-11H2,1-3H3,(H,20,23)(H,21,25). The van der Waals surface area contributed by atoms with Crippen molar-refractivity contribution in [2.75, 3.05) is 17.2 Å². The molecule has 0 bridgehead atoms. The molecular formula is C18H22N4O3. The fraction of sp³-hybridized carbons (Fsp3) is 0.444. The van der Waals surface area contributed by atoms with E-state index in [2.05, 4.69) is 10.6 Å². The van der Waals surface area contributed by atoms with Gasteiger partial charge in [0.05, 0.1) is 23.4 Å².